The quantitative estimate of drug-likeness (QED) is 0.926. The largest absolute Gasteiger partial charge is 0.481 e. The first-order chi connectivity index (χ1) is 9.15. The molecule has 2 aliphatic rings. The highest BCUT2D eigenvalue weighted by atomic mass is 32.2. The summed E-state index contributed by atoms with van der Waals surface area (Å²) in [6, 6.07) is 0. The Balaban J connectivity index is 1.58. The SMILES string of the molecule is O=C(O)Cc1csc(SC2CCOC3(CCC3)C2)n1. The first kappa shape index (κ1) is 13.4. The third-order valence-electron chi connectivity index (χ3n) is 3.84. The maximum atomic E-state index is 10.6. The molecule has 6 heteroatoms. The molecule has 1 aliphatic heterocycles. The molecule has 2 heterocycles. The highest BCUT2D eigenvalue weighted by Crippen LogP contribution is 2.46. The maximum absolute atomic E-state index is 10.6. The van der Waals surface area contributed by atoms with Gasteiger partial charge in [-0.05, 0) is 32.1 Å². The lowest BCUT2D eigenvalue weighted by atomic mass is 9.75. The van der Waals surface area contributed by atoms with E-state index >= 15 is 0 Å². The smallest absolute Gasteiger partial charge is 0.309 e. The topological polar surface area (TPSA) is 59.4 Å². The number of carboxylic acid groups (broad SMARTS) is 1. The Labute approximate surface area is 120 Å². The zero-order valence-corrected chi connectivity index (χ0v) is 12.3. The van der Waals surface area contributed by atoms with Gasteiger partial charge in [-0.15, -0.1) is 11.3 Å². The fourth-order valence-corrected chi connectivity index (χ4v) is 5.10. The number of thiazole rings is 1. The van der Waals surface area contributed by atoms with E-state index in [1.165, 1.54) is 19.3 Å². The molecule has 1 aromatic rings. The van der Waals surface area contributed by atoms with Crippen molar-refractivity contribution >= 4 is 29.1 Å². The fraction of sp³-hybridized carbons (Fsp3) is 0.692. The molecule has 1 atom stereocenters. The van der Waals surface area contributed by atoms with Crippen LogP contribution in [-0.4, -0.2) is 33.5 Å². The molecule has 1 aromatic heterocycles. The van der Waals surface area contributed by atoms with Crippen LogP contribution in [0.4, 0.5) is 0 Å². The van der Waals surface area contributed by atoms with Crippen LogP contribution in [-0.2, 0) is 16.0 Å². The summed E-state index contributed by atoms with van der Waals surface area (Å²) in [5.41, 5.74) is 0.835. The first-order valence-corrected chi connectivity index (χ1v) is 8.38. The number of aliphatic carboxylic acids is 1. The van der Waals surface area contributed by atoms with Gasteiger partial charge in [-0.2, -0.15) is 0 Å². The second kappa shape index (κ2) is 5.42. The summed E-state index contributed by atoms with van der Waals surface area (Å²) in [5.74, 6) is -0.818. The summed E-state index contributed by atoms with van der Waals surface area (Å²) >= 11 is 3.36. The van der Waals surface area contributed by atoms with Crippen LogP contribution in [0.25, 0.3) is 0 Å². The summed E-state index contributed by atoms with van der Waals surface area (Å²) in [4.78, 5) is 15.0. The predicted octanol–water partition coefficient (Wildman–Crippen LogP) is 2.96. The minimum Gasteiger partial charge on any atom is -0.481 e. The van der Waals surface area contributed by atoms with Crippen LogP contribution in [0, 0.1) is 0 Å². The highest BCUT2D eigenvalue weighted by Gasteiger charge is 2.42. The number of ether oxygens (including phenoxy) is 1. The number of aromatic nitrogens is 1. The van der Waals surface area contributed by atoms with Gasteiger partial charge < -0.3 is 9.84 Å². The minimum atomic E-state index is -0.818. The summed E-state index contributed by atoms with van der Waals surface area (Å²) in [7, 11) is 0. The van der Waals surface area contributed by atoms with Crippen LogP contribution in [0.1, 0.15) is 37.8 Å². The molecule has 1 saturated carbocycles. The maximum Gasteiger partial charge on any atom is 0.309 e. The molecule has 1 N–H and O–H groups in total. The molecule has 1 saturated heterocycles. The van der Waals surface area contributed by atoms with E-state index in [9.17, 15) is 4.79 Å². The van der Waals surface area contributed by atoms with E-state index < -0.39 is 5.97 Å². The molecule has 0 amide bonds. The van der Waals surface area contributed by atoms with Gasteiger partial charge in [0.1, 0.15) is 4.34 Å². The van der Waals surface area contributed by atoms with E-state index in [1.54, 1.807) is 23.1 Å². The van der Waals surface area contributed by atoms with Gasteiger partial charge in [0.15, 0.2) is 0 Å². The van der Waals surface area contributed by atoms with Crippen molar-refractivity contribution in [1.82, 2.24) is 4.98 Å². The minimum absolute atomic E-state index is 0.0226. The van der Waals surface area contributed by atoms with Gasteiger partial charge in [0.05, 0.1) is 17.7 Å². The van der Waals surface area contributed by atoms with E-state index in [0.29, 0.717) is 10.9 Å². The van der Waals surface area contributed by atoms with Crippen LogP contribution in [0.3, 0.4) is 0 Å². The Kier molecular flexibility index (Phi) is 3.82. The van der Waals surface area contributed by atoms with Crippen LogP contribution in [0.5, 0.6) is 0 Å². The average Bonchev–Trinajstić information content (AvgIpc) is 2.74. The third-order valence-corrected chi connectivity index (χ3v) is 6.13. The van der Waals surface area contributed by atoms with E-state index in [0.717, 1.165) is 23.8 Å². The van der Waals surface area contributed by atoms with Crippen molar-refractivity contribution in [2.45, 2.75) is 53.7 Å². The number of hydrogen-bond donors (Lipinski definition) is 1. The number of hydrogen-bond acceptors (Lipinski definition) is 5. The van der Waals surface area contributed by atoms with Gasteiger partial charge >= 0.3 is 5.97 Å². The summed E-state index contributed by atoms with van der Waals surface area (Å²) in [6.07, 6.45) is 5.90. The average molecular weight is 299 g/mol. The molecule has 1 spiro atoms. The van der Waals surface area contributed by atoms with Crippen molar-refractivity contribution in [1.29, 1.82) is 0 Å². The van der Waals surface area contributed by atoms with Crippen LogP contribution >= 0.6 is 23.1 Å². The second-order valence-corrected chi connectivity index (χ2v) is 7.70. The Morgan fingerprint density at radius 1 is 1.63 bits per heavy atom. The molecule has 19 heavy (non-hydrogen) atoms. The Bertz CT molecular complexity index is 470. The molecular formula is C13H17NO3S2. The molecular weight excluding hydrogens is 282 g/mol. The second-order valence-electron chi connectivity index (χ2n) is 5.29. The lowest BCUT2D eigenvalue weighted by Crippen LogP contribution is -2.46. The molecule has 1 unspecified atom stereocenters. The van der Waals surface area contributed by atoms with Crippen molar-refractivity contribution in [2.24, 2.45) is 0 Å². The van der Waals surface area contributed by atoms with Gasteiger partial charge in [0, 0.05) is 17.2 Å². The van der Waals surface area contributed by atoms with Crippen molar-refractivity contribution in [3.05, 3.63) is 11.1 Å². The number of carboxylic acids is 1. The summed E-state index contributed by atoms with van der Waals surface area (Å²) in [5, 5.41) is 11.2. The number of carbonyl (C=O) groups is 1. The van der Waals surface area contributed by atoms with Crippen molar-refractivity contribution in [2.75, 3.05) is 6.61 Å². The summed E-state index contributed by atoms with van der Waals surface area (Å²) < 4.78 is 6.92. The van der Waals surface area contributed by atoms with Crippen molar-refractivity contribution in [3.8, 4) is 0 Å². The van der Waals surface area contributed by atoms with Gasteiger partial charge in [0.25, 0.3) is 0 Å². The molecule has 3 rings (SSSR count). The normalized spacial score (nSPS) is 25.2. The van der Waals surface area contributed by atoms with E-state index in [-0.39, 0.29) is 12.0 Å². The zero-order chi connectivity index (χ0) is 13.3. The highest BCUT2D eigenvalue weighted by molar-refractivity contribution is 8.01. The number of rotatable bonds is 4. The monoisotopic (exact) mass is 299 g/mol. The molecule has 2 fully saturated rings. The van der Waals surface area contributed by atoms with Crippen LogP contribution in [0.15, 0.2) is 9.72 Å². The zero-order valence-electron chi connectivity index (χ0n) is 10.6. The Morgan fingerprint density at radius 3 is 3.16 bits per heavy atom. The number of nitrogens with zero attached hydrogens (tertiary/aromatic N) is 1. The molecule has 104 valence electrons. The van der Waals surface area contributed by atoms with Gasteiger partial charge in [-0.3, -0.25) is 4.79 Å². The molecule has 1 aliphatic carbocycles. The molecule has 0 aromatic carbocycles. The van der Waals surface area contributed by atoms with Crippen LogP contribution in [0.2, 0.25) is 0 Å². The predicted molar refractivity (Wildman–Crippen MR) is 74.9 cm³/mol. The molecule has 0 radical (unpaired) electrons. The van der Waals surface area contributed by atoms with Gasteiger partial charge in [-0.25, -0.2) is 4.98 Å². The Hall–Kier alpha value is -0.590. The Morgan fingerprint density at radius 2 is 2.47 bits per heavy atom. The van der Waals surface area contributed by atoms with E-state index in [4.69, 9.17) is 9.84 Å². The standard InChI is InChI=1S/C13H17NO3S2/c15-11(16)6-9-8-18-12(14-9)19-10-2-5-17-13(7-10)3-1-4-13/h8,10H,1-7H2,(H,15,16). The fourth-order valence-electron chi connectivity index (χ4n) is 2.72. The third kappa shape index (κ3) is 3.12. The first-order valence-electron chi connectivity index (χ1n) is 6.62. The van der Waals surface area contributed by atoms with E-state index in [1.807, 2.05) is 5.38 Å². The van der Waals surface area contributed by atoms with Crippen molar-refractivity contribution in [3.63, 3.8) is 0 Å². The number of thioether (sulfide) groups is 1. The lowest BCUT2D eigenvalue weighted by Gasteiger charge is -2.46. The van der Waals surface area contributed by atoms with Crippen LogP contribution < -0.4 is 0 Å². The van der Waals surface area contributed by atoms with Gasteiger partial charge in [0.2, 0.25) is 0 Å². The summed E-state index contributed by atoms with van der Waals surface area (Å²) in [6.45, 7) is 0.852. The molecule has 4 nitrogen and oxygen atoms in total. The lowest BCUT2D eigenvalue weighted by molar-refractivity contribution is -0.136. The van der Waals surface area contributed by atoms with Crippen molar-refractivity contribution < 1.29 is 14.6 Å². The van der Waals surface area contributed by atoms with Gasteiger partial charge in [-0.1, -0.05) is 11.8 Å². The molecule has 0 bridgehead atoms. The van der Waals surface area contributed by atoms with E-state index in [2.05, 4.69) is 4.98 Å².